The molecule has 0 saturated carbocycles. The molecule has 5 unspecified atom stereocenters. The first kappa shape index (κ1) is 98.4. The standard InChI is InChI=1S/C85H138O17P2/c1-5-9-13-17-21-25-29-33-37-38-39-40-44-46-50-54-58-62-66-70-83(88)96-76-81(102-85(90)72-68-64-60-56-52-48-43-36-32-28-24-20-16-12-8-4)78-100-104(93,94)98-74-79(86)73-97-103(91,92)99-77-80(101-84(89)71-67-63-59-55-51-47-42-35-31-27-23-19-15-11-7-3)75-95-82(87)69-65-61-57-53-49-45-41-34-30-26-22-18-14-10-6-2/h9-10,12-14,16,21-22,24-26,28,33-37,39-43,46,50,52,56,64,68,79-81,86H,5-8,11,15,17-20,23,27,29-32,38,44-45,47-49,51,53-55,57-63,65-67,69-78H2,1-4H3,(H,91,92)(H,93,94)/b13-9-,14-10-,16-12-,25-21-,26-22-,28-24-,37-33-,40-39-,41-34-,42-35-,43-36-,50-46-,56-52-,68-64-. The Hall–Kier alpha value is -5.58. The van der Waals surface area contributed by atoms with Crippen molar-refractivity contribution in [2.75, 3.05) is 39.6 Å². The van der Waals surface area contributed by atoms with E-state index in [4.69, 9.17) is 37.0 Å². The zero-order valence-electron chi connectivity index (χ0n) is 64.4. The molecule has 0 aliphatic heterocycles. The monoisotopic (exact) mass is 1490 g/mol. The predicted octanol–water partition coefficient (Wildman–Crippen LogP) is 23.0. The average Bonchev–Trinajstić information content (AvgIpc) is 0.918. The van der Waals surface area contributed by atoms with E-state index in [-0.39, 0.29) is 25.7 Å². The number of aliphatic hydroxyl groups excluding tert-OH is 1. The number of phosphoric ester groups is 2. The van der Waals surface area contributed by atoms with Crippen LogP contribution in [0, 0.1) is 0 Å². The lowest BCUT2D eigenvalue weighted by atomic mass is 10.1. The van der Waals surface area contributed by atoms with Crippen molar-refractivity contribution in [3.63, 3.8) is 0 Å². The molecule has 0 aromatic carbocycles. The van der Waals surface area contributed by atoms with Crippen LogP contribution in [0.4, 0.5) is 0 Å². The third-order valence-corrected chi connectivity index (χ3v) is 17.6. The van der Waals surface area contributed by atoms with Crippen LogP contribution in [0.3, 0.4) is 0 Å². The summed E-state index contributed by atoms with van der Waals surface area (Å²) in [6, 6.07) is 0. The summed E-state index contributed by atoms with van der Waals surface area (Å²) in [5.74, 6) is -2.40. The Morgan fingerprint density at radius 3 is 0.875 bits per heavy atom. The highest BCUT2D eigenvalue weighted by Gasteiger charge is 2.30. The fourth-order valence-corrected chi connectivity index (χ4v) is 11.4. The zero-order chi connectivity index (χ0) is 76.0. The molecule has 3 N–H and O–H groups in total. The highest BCUT2D eigenvalue weighted by Crippen LogP contribution is 2.45. The molecular weight excluding hydrogens is 1350 g/mol. The number of ether oxygens (including phenoxy) is 4. The minimum Gasteiger partial charge on any atom is -0.462 e. The maximum Gasteiger partial charge on any atom is 0.472 e. The lowest BCUT2D eigenvalue weighted by Gasteiger charge is -2.21. The smallest absolute Gasteiger partial charge is 0.462 e. The summed E-state index contributed by atoms with van der Waals surface area (Å²) in [5, 5.41) is 10.6. The third kappa shape index (κ3) is 74.7. The minimum absolute atomic E-state index is 0.0731. The number of unbranched alkanes of at least 4 members (excludes halogenated alkanes) is 19. The number of hydrogen-bond donors (Lipinski definition) is 3. The van der Waals surface area contributed by atoms with Gasteiger partial charge in [0.1, 0.15) is 19.3 Å². The number of rotatable bonds is 72. The molecule has 0 aliphatic carbocycles. The zero-order valence-corrected chi connectivity index (χ0v) is 66.2. The second-order valence-corrected chi connectivity index (χ2v) is 28.4. The van der Waals surface area contributed by atoms with Crippen LogP contribution in [0.15, 0.2) is 170 Å². The fraction of sp³-hybridized carbons (Fsp3) is 0.624. The second kappa shape index (κ2) is 75.6. The van der Waals surface area contributed by atoms with Crippen LogP contribution in [-0.4, -0.2) is 96.7 Å². The molecule has 0 saturated heterocycles. The van der Waals surface area contributed by atoms with E-state index >= 15 is 0 Å². The van der Waals surface area contributed by atoms with Gasteiger partial charge in [0.15, 0.2) is 12.2 Å². The molecule has 0 aliphatic rings. The summed E-state index contributed by atoms with van der Waals surface area (Å²) in [4.78, 5) is 72.9. The van der Waals surface area contributed by atoms with Crippen LogP contribution >= 0.6 is 15.6 Å². The van der Waals surface area contributed by atoms with Crippen molar-refractivity contribution < 1.29 is 80.2 Å². The number of carbonyl (C=O) groups excluding carboxylic acids is 4. The first-order valence-corrected chi connectivity index (χ1v) is 42.4. The van der Waals surface area contributed by atoms with Gasteiger partial charge >= 0.3 is 39.5 Å². The summed E-state index contributed by atoms with van der Waals surface area (Å²) in [6.45, 7) is 4.33. The van der Waals surface area contributed by atoms with E-state index < -0.39 is 97.5 Å². The van der Waals surface area contributed by atoms with Gasteiger partial charge in [-0.05, 0) is 154 Å². The Morgan fingerprint density at radius 1 is 0.288 bits per heavy atom. The molecule has 104 heavy (non-hydrogen) atoms. The number of esters is 4. The van der Waals surface area contributed by atoms with Crippen LogP contribution in [0.1, 0.15) is 285 Å². The Kier molecular flexibility index (Phi) is 71.6. The van der Waals surface area contributed by atoms with Gasteiger partial charge in [-0.25, -0.2) is 9.13 Å². The summed E-state index contributed by atoms with van der Waals surface area (Å²) < 4.78 is 68.4. The van der Waals surface area contributed by atoms with Gasteiger partial charge in [-0.1, -0.05) is 275 Å². The van der Waals surface area contributed by atoms with Gasteiger partial charge in [-0.2, -0.15) is 0 Å². The van der Waals surface area contributed by atoms with E-state index in [1.165, 1.54) is 38.5 Å². The Morgan fingerprint density at radius 2 is 0.538 bits per heavy atom. The minimum atomic E-state index is -5.02. The topological polar surface area (TPSA) is 237 Å². The quantitative estimate of drug-likeness (QED) is 0.0169. The average molecular weight is 1490 g/mol. The Bertz CT molecular complexity index is 2640. The SMILES string of the molecule is CC/C=C\C/C=C\C/C=C\C/C=C\C/C=C\CCCCCC(=O)OCC(COP(=O)(O)OCC(O)COP(=O)(O)OCC(COC(=O)CCCCCCC/C=C\C/C=C\C/C=C\CC)OC(=O)CCCCCCC/C=C\CCCCCCCC)OC(=O)C/C=C\C/C=C\C/C=C\C/C=C\C/C=C\CC. The number of phosphoric acid groups is 2. The third-order valence-electron chi connectivity index (χ3n) is 15.7. The number of allylic oxidation sites excluding steroid dienone is 27. The second-order valence-electron chi connectivity index (χ2n) is 25.5. The molecule has 0 rings (SSSR count). The van der Waals surface area contributed by atoms with Crippen LogP contribution < -0.4 is 0 Å². The van der Waals surface area contributed by atoms with Crippen molar-refractivity contribution in [2.45, 2.75) is 303 Å². The van der Waals surface area contributed by atoms with E-state index in [9.17, 15) is 43.2 Å². The molecule has 590 valence electrons. The van der Waals surface area contributed by atoms with Gasteiger partial charge in [0, 0.05) is 19.3 Å². The van der Waals surface area contributed by atoms with Gasteiger partial charge in [-0.15, -0.1) is 0 Å². The van der Waals surface area contributed by atoms with Gasteiger partial charge in [0.2, 0.25) is 0 Å². The molecule has 0 bridgehead atoms. The van der Waals surface area contributed by atoms with Crippen molar-refractivity contribution in [1.82, 2.24) is 0 Å². The lowest BCUT2D eigenvalue weighted by molar-refractivity contribution is -0.161. The Labute approximate surface area is 629 Å². The first-order valence-electron chi connectivity index (χ1n) is 39.4. The van der Waals surface area contributed by atoms with Crippen molar-refractivity contribution in [3.05, 3.63) is 170 Å². The van der Waals surface area contributed by atoms with Gasteiger partial charge in [-0.3, -0.25) is 37.3 Å². The largest absolute Gasteiger partial charge is 0.472 e. The molecule has 0 radical (unpaired) electrons. The molecule has 0 amide bonds. The maximum absolute atomic E-state index is 13.1. The van der Waals surface area contributed by atoms with Gasteiger partial charge in [0.05, 0.1) is 32.8 Å². The molecular formula is C85H138O17P2. The molecule has 17 nitrogen and oxygen atoms in total. The normalized spacial score (nSPS) is 14.8. The highest BCUT2D eigenvalue weighted by molar-refractivity contribution is 7.47. The van der Waals surface area contributed by atoms with Crippen LogP contribution in [0.2, 0.25) is 0 Å². The summed E-state index contributed by atoms with van der Waals surface area (Å²) >= 11 is 0. The van der Waals surface area contributed by atoms with E-state index in [0.717, 1.165) is 167 Å². The van der Waals surface area contributed by atoms with E-state index in [1.807, 2.05) is 12.2 Å². The van der Waals surface area contributed by atoms with Crippen molar-refractivity contribution in [2.24, 2.45) is 0 Å². The number of aliphatic hydroxyl groups is 1. The van der Waals surface area contributed by atoms with Crippen molar-refractivity contribution in [3.8, 4) is 0 Å². The molecule has 0 aromatic rings. The van der Waals surface area contributed by atoms with Crippen molar-refractivity contribution >= 4 is 39.5 Å². The van der Waals surface area contributed by atoms with Gasteiger partial charge < -0.3 is 33.8 Å². The summed E-state index contributed by atoms with van der Waals surface area (Å²) in [5.41, 5.74) is 0. The van der Waals surface area contributed by atoms with Crippen LogP contribution in [0.5, 0.6) is 0 Å². The molecule has 5 atom stereocenters. The summed E-state index contributed by atoms with van der Waals surface area (Å²) in [6.07, 6.45) is 89.4. The van der Waals surface area contributed by atoms with E-state index in [1.54, 1.807) is 12.2 Å². The van der Waals surface area contributed by atoms with E-state index in [2.05, 4.69) is 174 Å². The molecule has 0 aromatic heterocycles. The highest BCUT2D eigenvalue weighted by atomic mass is 31.2. The van der Waals surface area contributed by atoms with E-state index in [0.29, 0.717) is 25.7 Å². The van der Waals surface area contributed by atoms with Crippen molar-refractivity contribution in [1.29, 1.82) is 0 Å². The molecule has 0 fully saturated rings. The Balaban J connectivity index is 5.49. The lowest BCUT2D eigenvalue weighted by Crippen LogP contribution is -2.30. The predicted molar refractivity (Wildman–Crippen MR) is 426 cm³/mol. The fourth-order valence-electron chi connectivity index (χ4n) is 9.80. The van der Waals surface area contributed by atoms with Crippen LogP contribution in [-0.2, 0) is 65.4 Å². The van der Waals surface area contributed by atoms with Crippen LogP contribution in [0.25, 0.3) is 0 Å². The first-order chi connectivity index (χ1) is 50.7. The molecule has 0 heterocycles. The molecule has 0 spiro atoms. The maximum atomic E-state index is 13.1. The summed E-state index contributed by atoms with van der Waals surface area (Å²) in [7, 11) is -10.0. The van der Waals surface area contributed by atoms with Gasteiger partial charge in [0.25, 0.3) is 0 Å². The number of carbonyl (C=O) groups is 4. The number of hydrogen-bond acceptors (Lipinski definition) is 15. The molecule has 19 heteroatoms.